The summed E-state index contributed by atoms with van der Waals surface area (Å²) in [5, 5.41) is 4.24. The van der Waals surface area contributed by atoms with Crippen molar-refractivity contribution in [1.29, 1.82) is 0 Å². The van der Waals surface area contributed by atoms with E-state index in [0.29, 0.717) is 0 Å². The average molecular weight is 413 g/mol. The molecule has 3 rings (SSSR count). The first-order valence-electron chi connectivity index (χ1n) is 10.3. The molecule has 1 nitrogen and oxygen atoms in total. The number of hydrogen-bond acceptors (Lipinski definition) is 1. The summed E-state index contributed by atoms with van der Waals surface area (Å²) in [5.41, 5.74) is 2.05. The fraction of sp³-hybridized carbons (Fsp3) is 0.107. The number of aldehydes is 1. The number of carbonyl (C=O) groups excluding carboxylic acids is 1. The predicted octanol–water partition coefficient (Wildman–Crippen LogP) is 5.36. The summed E-state index contributed by atoms with van der Waals surface area (Å²) in [7, 11) is -2.25. The van der Waals surface area contributed by atoms with E-state index in [1.165, 1.54) is 21.5 Å². The molecule has 0 spiro atoms. The zero-order chi connectivity index (χ0) is 21.2. The minimum absolute atomic E-state index is 0.721. The Balaban J connectivity index is 2.13. The second kappa shape index (κ2) is 10.7. The topological polar surface area (TPSA) is 17.1 Å². The zero-order valence-corrected chi connectivity index (χ0v) is 18.7. The third-order valence-corrected chi connectivity index (χ3v) is 10.4. The summed E-state index contributed by atoms with van der Waals surface area (Å²) in [5.74, 6) is 0. The van der Waals surface area contributed by atoms with E-state index in [-0.39, 0.29) is 0 Å². The van der Waals surface area contributed by atoms with Crippen LogP contribution in [-0.2, 0) is 4.79 Å². The van der Waals surface area contributed by atoms with Crippen LogP contribution in [0, 0.1) is 0 Å². The first-order valence-corrected chi connectivity index (χ1v) is 12.5. The van der Waals surface area contributed by atoms with Crippen molar-refractivity contribution in [3.63, 3.8) is 0 Å². The van der Waals surface area contributed by atoms with Gasteiger partial charge in [0.2, 0.25) is 0 Å². The Morgan fingerprint density at radius 2 is 1.07 bits per heavy atom. The first-order chi connectivity index (χ1) is 14.7. The maximum atomic E-state index is 10.8. The molecule has 3 aromatic carbocycles. The molecule has 2 heteroatoms. The van der Waals surface area contributed by atoms with Crippen molar-refractivity contribution in [2.45, 2.75) is 13.8 Å². The molecule has 30 heavy (non-hydrogen) atoms. The van der Waals surface area contributed by atoms with Crippen LogP contribution in [0.5, 0.6) is 0 Å². The fourth-order valence-electron chi connectivity index (χ4n) is 3.92. The van der Waals surface area contributed by atoms with Crippen LogP contribution in [0.4, 0.5) is 0 Å². The van der Waals surface area contributed by atoms with Gasteiger partial charge in [-0.05, 0) is 0 Å². The van der Waals surface area contributed by atoms with Gasteiger partial charge in [0.15, 0.2) is 0 Å². The van der Waals surface area contributed by atoms with Crippen LogP contribution in [0.25, 0.3) is 0 Å². The standard InChI is InChI=1S/C28H29OP/c1-24(22-29)14-12-13-15-25(2)23-30(26-16-6-3-7-17-26,27-18-8-4-9-19-27)28-20-10-5-11-21-28/h3-22,30H,23H2,1-2H3/b13-12+,24-14+,25-15+. The molecule has 0 amide bonds. The molecule has 0 atom stereocenters. The van der Waals surface area contributed by atoms with Crippen LogP contribution in [0.3, 0.4) is 0 Å². The summed E-state index contributed by atoms with van der Waals surface area (Å²) < 4.78 is 0. The molecule has 0 bridgehead atoms. The van der Waals surface area contributed by atoms with E-state index in [1.54, 1.807) is 0 Å². The van der Waals surface area contributed by atoms with E-state index in [4.69, 9.17) is 0 Å². The first kappa shape index (κ1) is 21.7. The molecule has 0 aliphatic carbocycles. The Hall–Kier alpha value is -3.02. The Morgan fingerprint density at radius 3 is 1.47 bits per heavy atom. The van der Waals surface area contributed by atoms with Gasteiger partial charge < -0.3 is 0 Å². The normalized spacial score (nSPS) is 13.4. The van der Waals surface area contributed by atoms with Gasteiger partial charge in [0.1, 0.15) is 0 Å². The van der Waals surface area contributed by atoms with Crippen molar-refractivity contribution in [2.75, 3.05) is 6.16 Å². The molecule has 0 saturated carbocycles. The van der Waals surface area contributed by atoms with Gasteiger partial charge >= 0.3 is 181 Å². The summed E-state index contributed by atoms with van der Waals surface area (Å²) in [4.78, 5) is 10.8. The quantitative estimate of drug-likeness (QED) is 0.211. The Morgan fingerprint density at radius 1 is 0.667 bits per heavy atom. The van der Waals surface area contributed by atoms with E-state index >= 15 is 0 Å². The molecule has 0 aliphatic rings. The molecule has 0 aromatic heterocycles. The van der Waals surface area contributed by atoms with Crippen molar-refractivity contribution in [1.82, 2.24) is 0 Å². The van der Waals surface area contributed by atoms with Gasteiger partial charge in [0.05, 0.1) is 0 Å². The van der Waals surface area contributed by atoms with Crippen LogP contribution >= 0.6 is 7.26 Å². The van der Waals surface area contributed by atoms with E-state index in [2.05, 4.69) is 104 Å². The number of carbonyl (C=O) groups is 1. The molecule has 0 heterocycles. The second-order valence-electron chi connectivity index (χ2n) is 7.61. The summed E-state index contributed by atoms with van der Waals surface area (Å²) in [6, 6.07) is 32.9. The third-order valence-electron chi connectivity index (χ3n) is 5.38. The predicted molar refractivity (Wildman–Crippen MR) is 134 cm³/mol. The Labute approximate surface area is 180 Å². The number of rotatable bonds is 8. The molecule has 0 N–H and O–H groups in total. The van der Waals surface area contributed by atoms with Crippen molar-refractivity contribution >= 4 is 29.5 Å². The van der Waals surface area contributed by atoms with E-state index in [0.717, 1.165) is 18.0 Å². The van der Waals surface area contributed by atoms with Crippen molar-refractivity contribution < 1.29 is 4.79 Å². The van der Waals surface area contributed by atoms with Crippen molar-refractivity contribution in [3.05, 3.63) is 126 Å². The van der Waals surface area contributed by atoms with Gasteiger partial charge in [-0.1, -0.05) is 0 Å². The van der Waals surface area contributed by atoms with Gasteiger partial charge in [-0.15, -0.1) is 0 Å². The van der Waals surface area contributed by atoms with Gasteiger partial charge in [-0.3, -0.25) is 0 Å². The fourth-order valence-corrected chi connectivity index (χ4v) is 8.77. The van der Waals surface area contributed by atoms with E-state index in [9.17, 15) is 4.79 Å². The number of benzene rings is 3. The summed E-state index contributed by atoms with van der Waals surface area (Å²) >= 11 is 0. The van der Waals surface area contributed by atoms with Gasteiger partial charge in [0, 0.05) is 0 Å². The van der Waals surface area contributed by atoms with Gasteiger partial charge in [-0.2, -0.15) is 0 Å². The molecular weight excluding hydrogens is 383 g/mol. The molecule has 0 fully saturated rings. The number of hydrogen-bond donors (Lipinski definition) is 0. The van der Waals surface area contributed by atoms with Crippen LogP contribution in [-0.4, -0.2) is 12.4 Å². The van der Waals surface area contributed by atoms with E-state index in [1.807, 2.05) is 25.2 Å². The molecule has 152 valence electrons. The average Bonchev–Trinajstić information content (AvgIpc) is 2.82. The van der Waals surface area contributed by atoms with Crippen molar-refractivity contribution in [3.8, 4) is 0 Å². The molecule has 3 aromatic rings. The van der Waals surface area contributed by atoms with Crippen LogP contribution in [0.2, 0.25) is 0 Å². The molecule has 0 aliphatic heterocycles. The number of allylic oxidation sites excluding steroid dienone is 6. The Bertz CT molecular complexity index is 935. The molecule has 0 unspecified atom stereocenters. The van der Waals surface area contributed by atoms with Crippen LogP contribution in [0.1, 0.15) is 13.8 Å². The summed E-state index contributed by atoms with van der Waals surface area (Å²) in [6.45, 7) is 4.02. The molecular formula is C28H29OP. The summed E-state index contributed by atoms with van der Waals surface area (Å²) in [6.07, 6.45) is 9.84. The van der Waals surface area contributed by atoms with Gasteiger partial charge in [0.25, 0.3) is 0 Å². The van der Waals surface area contributed by atoms with Crippen LogP contribution < -0.4 is 15.9 Å². The minimum atomic E-state index is -2.25. The van der Waals surface area contributed by atoms with E-state index < -0.39 is 7.26 Å². The SMILES string of the molecule is C\C(C=O)=C/C=C/C=C(\C)C[PH](c1ccccc1)(c1ccccc1)c1ccccc1. The third kappa shape index (κ3) is 5.12. The van der Waals surface area contributed by atoms with Crippen LogP contribution in [0.15, 0.2) is 126 Å². The molecule has 0 radical (unpaired) electrons. The maximum absolute atomic E-state index is 10.8. The Kier molecular flexibility index (Phi) is 7.71. The van der Waals surface area contributed by atoms with Crippen molar-refractivity contribution in [2.24, 2.45) is 0 Å². The second-order valence-corrected chi connectivity index (χ2v) is 11.5. The monoisotopic (exact) mass is 412 g/mol. The zero-order valence-electron chi connectivity index (χ0n) is 17.7. The molecule has 0 saturated heterocycles. The van der Waals surface area contributed by atoms with Gasteiger partial charge in [-0.25, -0.2) is 0 Å².